The van der Waals surface area contributed by atoms with Crippen molar-refractivity contribution in [1.82, 2.24) is 4.90 Å². The molecule has 0 spiro atoms. The summed E-state index contributed by atoms with van der Waals surface area (Å²) in [6.07, 6.45) is 1.87. The molecule has 19 heavy (non-hydrogen) atoms. The number of likely N-dealkylation sites (tertiary alicyclic amines) is 1. The normalized spacial score (nSPS) is 18.4. The minimum Gasteiger partial charge on any atom is -0.467 e. The van der Waals surface area contributed by atoms with Crippen molar-refractivity contribution in [2.75, 3.05) is 13.7 Å². The molecule has 1 aliphatic rings. The molecule has 1 unspecified atom stereocenters. The molecule has 0 saturated carbocycles. The number of halogens is 1. The summed E-state index contributed by atoms with van der Waals surface area (Å²) in [5, 5.41) is 0. The molecule has 2 rings (SSSR count). The summed E-state index contributed by atoms with van der Waals surface area (Å²) in [5.41, 5.74) is 0.948. The predicted octanol–water partition coefficient (Wildman–Crippen LogP) is 2.16. The van der Waals surface area contributed by atoms with Gasteiger partial charge in [-0.1, -0.05) is 28.1 Å². The zero-order valence-corrected chi connectivity index (χ0v) is 12.4. The van der Waals surface area contributed by atoms with Gasteiger partial charge in [-0.15, -0.1) is 0 Å². The lowest BCUT2D eigenvalue weighted by Gasteiger charge is -2.22. The number of hydrogen-bond donors (Lipinski definition) is 0. The maximum absolute atomic E-state index is 12.2. The monoisotopic (exact) mass is 325 g/mol. The molecule has 0 aliphatic carbocycles. The van der Waals surface area contributed by atoms with Crippen LogP contribution in [-0.4, -0.2) is 36.5 Å². The van der Waals surface area contributed by atoms with E-state index in [0.29, 0.717) is 19.4 Å². The first-order valence-electron chi connectivity index (χ1n) is 6.23. The van der Waals surface area contributed by atoms with Gasteiger partial charge < -0.3 is 9.64 Å². The molecule has 1 heterocycles. The van der Waals surface area contributed by atoms with Gasteiger partial charge in [-0.2, -0.15) is 0 Å². The van der Waals surface area contributed by atoms with Gasteiger partial charge in [0.2, 0.25) is 5.91 Å². The number of rotatable bonds is 3. The van der Waals surface area contributed by atoms with Crippen LogP contribution in [0.15, 0.2) is 28.7 Å². The van der Waals surface area contributed by atoms with Crippen molar-refractivity contribution < 1.29 is 14.3 Å². The Hall–Kier alpha value is -1.36. The van der Waals surface area contributed by atoms with E-state index in [1.807, 2.05) is 24.3 Å². The van der Waals surface area contributed by atoms with Crippen LogP contribution >= 0.6 is 15.9 Å². The van der Waals surface area contributed by atoms with Gasteiger partial charge in [0.1, 0.15) is 6.04 Å². The summed E-state index contributed by atoms with van der Waals surface area (Å²) in [6, 6.07) is 7.22. The maximum atomic E-state index is 12.2. The van der Waals surface area contributed by atoms with Crippen molar-refractivity contribution in [2.24, 2.45) is 0 Å². The third-order valence-electron chi connectivity index (χ3n) is 3.32. The molecule has 1 atom stereocenters. The molecule has 1 aromatic carbocycles. The van der Waals surface area contributed by atoms with Crippen LogP contribution in [0.3, 0.4) is 0 Å². The third kappa shape index (κ3) is 3.35. The van der Waals surface area contributed by atoms with Crippen molar-refractivity contribution >= 4 is 27.8 Å². The Labute approximate surface area is 120 Å². The van der Waals surface area contributed by atoms with Gasteiger partial charge in [0.15, 0.2) is 0 Å². The minimum absolute atomic E-state index is 0.0183. The summed E-state index contributed by atoms with van der Waals surface area (Å²) in [7, 11) is 1.36. The number of nitrogens with zero attached hydrogens (tertiary/aromatic N) is 1. The van der Waals surface area contributed by atoms with E-state index in [4.69, 9.17) is 4.74 Å². The molecule has 102 valence electrons. The molecular weight excluding hydrogens is 310 g/mol. The van der Waals surface area contributed by atoms with Gasteiger partial charge in [-0.05, 0) is 30.5 Å². The van der Waals surface area contributed by atoms with E-state index in [1.54, 1.807) is 4.90 Å². The molecule has 1 fully saturated rings. The molecule has 1 aliphatic heterocycles. The first kappa shape index (κ1) is 14.1. The van der Waals surface area contributed by atoms with Crippen LogP contribution < -0.4 is 0 Å². The van der Waals surface area contributed by atoms with E-state index in [1.165, 1.54) is 7.11 Å². The highest BCUT2D eigenvalue weighted by molar-refractivity contribution is 9.10. The number of methoxy groups -OCH3 is 1. The lowest BCUT2D eigenvalue weighted by molar-refractivity contribution is -0.150. The molecule has 1 amide bonds. The summed E-state index contributed by atoms with van der Waals surface area (Å²) < 4.78 is 5.73. The summed E-state index contributed by atoms with van der Waals surface area (Å²) in [4.78, 5) is 25.5. The summed E-state index contributed by atoms with van der Waals surface area (Å²) in [6.45, 7) is 0.634. The Kier molecular flexibility index (Phi) is 4.58. The van der Waals surface area contributed by atoms with Crippen molar-refractivity contribution in [3.05, 3.63) is 34.3 Å². The number of benzene rings is 1. The van der Waals surface area contributed by atoms with Gasteiger partial charge in [0.05, 0.1) is 13.5 Å². The molecule has 1 aromatic rings. The van der Waals surface area contributed by atoms with Crippen molar-refractivity contribution in [2.45, 2.75) is 25.3 Å². The van der Waals surface area contributed by atoms with Crippen LogP contribution in [0.2, 0.25) is 0 Å². The van der Waals surface area contributed by atoms with Crippen LogP contribution in [0, 0.1) is 0 Å². The van der Waals surface area contributed by atoms with Crippen LogP contribution in [0.4, 0.5) is 0 Å². The Morgan fingerprint density at radius 1 is 1.37 bits per heavy atom. The topological polar surface area (TPSA) is 46.6 Å². The average molecular weight is 326 g/mol. The maximum Gasteiger partial charge on any atom is 0.328 e. The van der Waals surface area contributed by atoms with Crippen LogP contribution in [-0.2, 0) is 20.7 Å². The number of carbonyl (C=O) groups excluding carboxylic acids is 2. The Bertz CT molecular complexity index is 472. The third-order valence-corrected chi connectivity index (χ3v) is 3.84. The molecule has 0 radical (unpaired) electrons. The van der Waals surface area contributed by atoms with Crippen LogP contribution in [0.25, 0.3) is 0 Å². The van der Waals surface area contributed by atoms with Crippen molar-refractivity contribution in [3.63, 3.8) is 0 Å². The highest BCUT2D eigenvalue weighted by Crippen LogP contribution is 2.20. The average Bonchev–Trinajstić information content (AvgIpc) is 2.90. The van der Waals surface area contributed by atoms with Crippen LogP contribution in [0.5, 0.6) is 0 Å². The van der Waals surface area contributed by atoms with Crippen molar-refractivity contribution in [1.29, 1.82) is 0 Å². The number of hydrogen-bond acceptors (Lipinski definition) is 3. The molecule has 0 bridgehead atoms. The lowest BCUT2D eigenvalue weighted by atomic mass is 10.1. The van der Waals surface area contributed by atoms with E-state index in [2.05, 4.69) is 15.9 Å². The number of ether oxygens (including phenoxy) is 1. The van der Waals surface area contributed by atoms with Crippen LogP contribution in [0.1, 0.15) is 18.4 Å². The first-order chi connectivity index (χ1) is 9.11. The standard InChI is InChI=1S/C14H16BrNO3/c1-19-14(18)12-3-2-8-16(12)13(17)9-10-4-6-11(15)7-5-10/h4-7,12H,2-3,8-9H2,1H3. The fraction of sp³-hybridized carbons (Fsp3) is 0.429. The first-order valence-corrected chi connectivity index (χ1v) is 7.03. The summed E-state index contributed by atoms with van der Waals surface area (Å²) >= 11 is 3.36. The number of carbonyl (C=O) groups is 2. The Morgan fingerprint density at radius 2 is 2.05 bits per heavy atom. The number of amides is 1. The highest BCUT2D eigenvalue weighted by Gasteiger charge is 2.34. The molecule has 1 saturated heterocycles. The molecular formula is C14H16BrNO3. The molecule has 0 aromatic heterocycles. The Morgan fingerprint density at radius 3 is 2.68 bits per heavy atom. The molecule has 4 nitrogen and oxygen atoms in total. The van der Waals surface area contributed by atoms with E-state index in [-0.39, 0.29) is 11.9 Å². The summed E-state index contributed by atoms with van der Waals surface area (Å²) in [5.74, 6) is -0.336. The minimum atomic E-state index is -0.409. The van der Waals surface area contributed by atoms with Gasteiger partial charge in [0.25, 0.3) is 0 Å². The zero-order chi connectivity index (χ0) is 13.8. The fourth-order valence-electron chi connectivity index (χ4n) is 2.32. The van der Waals surface area contributed by atoms with Crippen molar-refractivity contribution in [3.8, 4) is 0 Å². The van der Waals surface area contributed by atoms with Gasteiger partial charge in [0, 0.05) is 11.0 Å². The predicted molar refractivity (Wildman–Crippen MR) is 74.6 cm³/mol. The Balaban J connectivity index is 2.03. The number of esters is 1. The van der Waals surface area contributed by atoms with E-state index < -0.39 is 6.04 Å². The second-order valence-corrected chi connectivity index (χ2v) is 5.49. The smallest absolute Gasteiger partial charge is 0.328 e. The second-order valence-electron chi connectivity index (χ2n) is 4.57. The largest absolute Gasteiger partial charge is 0.467 e. The zero-order valence-electron chi connectivity index (χ0n) is 10.8. The fourth-order valence-corrected chi connectivity index (χ4v) is 2.59. The lowest BCUT2D eigenvalue weighted by Crippen LogP contribution is -2.41. The highest BCUT2D eigenvalue weighted by atomic mass is 79.9. The van der Waals surface area contributed by atoms with Gasteiger partial charge >= 0.3 is 5.97 Å². The van der Waals surface area contributed by atoms with E-state index >= 15 is 0 Å². The molecule has 5 heteroatoms. The quantitative estimate of drug-likeness (QED) is 0.800. The second kappa shape index (κ2) is 6.19. The van der Waals surface area contributed by atoms with Gasteiger partial charge in [-0.25, -0.2) is 4.79 Å². The van der Waals surface area contributed by atoms with Gasteiger partial charge in [-0.3, -0.25) is 4.79 Å². The SMILES string of the molecule is COC(=O)C1CCCN1C(=O)Cc1ccc(Br)cc1. The van der Waals surface area contributed by atoms with E-state index in [9.17, 15) is 9.59 Å². The van der Waals surface area contributed by atoms with E-state index in [0.717, 1.165) is 16.5 Å². The molecule has 0 N–H and O–H groups in total.